The first-order chi connectivity index (χ1) is 8.75. The van der Waals surface area contributed by atoms with Crippen LogP contribution in [0.15, 0.2) is 29.3 Å². The highest BCUT2D eigenvalue weighted by Crippen LogP contribution is 2.45. The molecule has 3 nitrogen and oxygen atoms in total. The van der Waals surface area contributed by atoms with Gasteiger partial charge in [0.1, 0.15) is 0 Å². The standard InChI is InChI=1S/C15H20N2O/c1-3-17(4-2)14-8-5-7-13(11-14)15(16-12-18)9-6-10-15/h5,7-8,11H,3-4,6,9-10H2,1-2H3. The summed E-state index contributed by atoms with van der Waals surface area (Å²) in [5, 5.41) is 0. The monoisotopic (exact) mass is 244 g/mol. The summed E-state index contributed by atoms with van der Waals surface area (Å²) < 4.78 is 0. The quantitative estimate of drug-likeness (QED) is 0.588. The van der Waals surface area contributed by atoms with Crippen LogP contribution in [0, 0.1) is 0 Å². The molecular formula is C15H20N2O. The fourth-order valence-corrected chi connectivity index (χ4v) is 2.64. The van der Waals surface area contributed by atoms with Crippen LogP contribution in [0.4, 0.5) is 5.69 Å². The maximum atomic E-state index is 10.6. The van der Waals surface area contributed by atoms with Crippen molar-refractivity contribution < 1.29 is 4.79 Å². The Morgan fingerprint density at radius 3 is 2.56 bits per heavy atom. The molecule has 1 aliphatic rings. The van der Waals surface area contributed by atoms with Gasteiger partial charge in [0, 0.05) is 18.8 Å². The minimum absolute atomic E-state index is 0.287. The second-order valence-corrected chi connectivity index (χ2v) is 4.81. The summed E-state index contributed by atoms with van der Waals surface area (Å²) in [6, 6.07) is 8.43. The lowest BCUT2D eigenvalue weighted by Gasteiger charge is -2.37. The van der Waals surface area contributed by atoms with Gasteiger partial charge in [0.2, 0.25) is 6.08 Å². The van der Waals surface area contributed by atoms with Gasteiger partial charge in [0.25, 0.3) is 0 Å². The minimum atomic E-state index is -0.287. The minimum Gasteiger partial charge on any atom is -0.372 e. The van der Waals surface area contributed by atoms with Crippen LogP contribution in [0.3, 0.4) is 0 Å². The zero-order valence-electron chi connectivity index (χ0n) is 11.1. The van der Waals surface area contributed by atoms with E-state index in [0.717, 1.165) is 37.9 Å². The number of nitrogens with zero attached hydrogens (tertiary/aromatic N) is 2. The number of carbonyl (C=O) groups excluding carboxylic acids is 1. The van der Waals surface area contributed by atoms with Crippen molar-refractivity contribution in [3.05, 3.63) is 29.8 Å². The molecule has 2 rings (SSSR count). The molecule has 0 saturated heterocycles. The summed E-state index contributed by atoms with van der Waals surface area (Å²) in [7, 11) is 0. The van der Waals surface area contributed by atoms with Crippen molar-refractivity contribution >= 4 is 11.8 Å². The molecule has 0 spiro atoms. The zero-order valence-corrected chi connectivity index (χ0v) is 11.1. The van der Waals surface area contributed by atoms with Crippen LogP contribution in [0.2, 0.25) is 0 Å². The Hall–Kier alpha value is -1.60. The van der Waals surface area contributed by atoms with Crippen molar-refractivity contribution in [3.8, 4) is 0 Å². The van der Waals surface area contributed by atoms with Crippen molar-refractivity contribution in [3.63, 3.8) is 0 Å². The van der Waals surface area contributed by atoms with Gasteiger partial charge >= 0.3 is 0 Å². The molecule has 0 N–H and O–H groups in total. The highest BCUT2D eigenvalue weighted by Gasteiger charge is 2.38. The molecule has 0 unspecified atom stereocenters. The van der Waals surface area contributed by atoms with Gasteiger partial charge in [-0.2, -0.15) is 4.99 Å². The number of aliphatic imine (C=N–C) groups is 1. The molecule has 1 aromatic rings. The Kier molecular flexibility index (Phi) is 3.83. The third-order valence-electron chi connectivity index (χ3n) is 3.95. The number of hydrogen-bond donors (Lipinski definition) is 0. The maximum Gasteiger partial charge on any atom is 0.235 e. The van der Waals surface area contributed by atoms with E-state index in [9.17, 15) is 4.79 Å². The largest absolute Gasteiger partial charge is 0.372 e. The van der Waals surface area contributed by atoms with Crippen LogP contribution in [0.5, 0.6) is 0 Å². The smallest absolute Gasteiger partial charge is 0.235 e. The van der Waals surface area contributed by atoms with E-state index < -0.39 is 0 Å². The first-order valence-corrected chi connectivity index (χ1v) is 6.70. The lowest BCUT2D eigenvalue weighted by atomic mass is 9.72. The molecule has 0 aliphatic heterocycles. The Morgan fingerprint density at radius 1 is 1.33 bits per heavy atom. The van der Waals surface area contributed by atoms with Crippen molar-refractivity contribution in [1.82, 2.24) is 0 Å². The van der Waals surface area contributed by atoms with Crippen LogP contribution in [-0.2, 0) is 10.3 Å². The maximum absolute atomic E-state index is 10.6. The van der Waals surface area contributed by atoms with E-state index in [0.29, 0.717) is 0 Å². The SMILES string of the molecule is CCN(CC)c1cccc(C2(N=C=O)CCC2)c1. The summed E-state index contributed by atoms with van der Waals surface area (Å²) >= 11 is 0. The number of anilines is 1. The summed E-state index contributed by atoms with van der Waals surface area (Å²) in [5.41, 5.74) is 2.08. The fourth-order valence-electron chi connectivity index (χ4n) is 2.64. The Bertz CT molecular complexity index is 455. The van der Waals surface area contributed by atoms with Gasteiger partial charge in [-0.25, -0.2) is 4.79 Å². The van der Waals surface area contributed by atoms with Gasteiger partial charge in [0.15, 0.2) is 0 Å². The van der Waals surface area contributed by atoms with E-state index >= 15 is 0 Å². The van der Waals surface area contributed by atoms with Gasteiger partial charge in [-0.15, -0.1) is 0 Å². The van der Waals surface area contributed by atoms with Gasteiger partial charge in [-0.3, -0.25) is 0 Å². The third kappa shape index (κ3) is 2.19. The zero-order chi connectivity index (χ0) is 13.0. The van der Waals surface area contributed by atoms with E-state index in [4.69, 9.17) is 0 Å². The highest BCUT2D eigenvalue weighted by molar-refractivity contribution is 5.51. The first kappa shape index (κ1) is 12.8. The van der Waals surface area contributed by atoms with Crippen LogP contribution in [0.1, 0.15) is 38.7 Å². The normalized spacial score (nSPS) is 16.6. The molecule has 3 heteroatoms. The molecule has 96 valence electrons. The summed E-state index contributed by atoms with van der Waals surface area (Å²) in [6.07, 6.45) is 4.81. The molecule has 1 fully saturated rings. The van der Waals surface area contributed by atoms with Gasteiger partial charge in [0.05, 0.1) is 5.54 Å². The van der Waals surface area contributed by atoms with E-state index in [1.807, 2.05) is 0 Å². The Balaban J connectivity index is 2.34. The summed E-state index contributed by atoms with van der Waals surface area (Å²) in [5.74, 6) is 0. The van der Waals surface area contributed by atoms with Crippen molar-refractivity contribution in [2.45, 2.75) is 38.6 Å². The highest BCUT2D eigenvalue weighted by atomic mass is 16.1. The van der Waals surface area contributed by atoms with Crippen LogP contribution >= 0.6 is 0 Å². The van der Waals surface area contributed by atoms with Crippen LogP contribution < -0.4 is 4.90 Å². The summed E-state index contributed by atoms with van der Waals surface area (Å²) in [6.45, 7) is 6.28. The molecule has 0 atom stereocenters. The third-order valence-corrected chi connectivity index (χ3v) is 3.95. The van der Waals surface area contributed by atoms with Crippen LogP contribution in [0.25, 0.3) is 0 Å². The number of benzene rings is 1. The Morgan fingerprint density at radius 2 is 2.06 bits per heavy atom. The fraction of sp³-hybridized carbons (Fsp3) is 0.533. The average Bonchev–Trinajstić information content (AvgIpc) is 2.36. The second kappa shape index (κ2) is 5.36. The molecule has 0 bridgehead atoms. The van der Waals surface area contributed by atoms with E-state index in [1.165, 1.54) is 5.69 Å². The lowest BCUT2D eigenvalue weighted by molar-refractivity contribution is 0.256. The van der Waals surface area contributed by atoms with Crippen molar-refractivity contribution in [2.75, 3.05) is 18.0 Å². The molecule has 0 amide bonds. The predicted octanol–water partition coefficient (Wildman–Crippen LogP) is 3.25. The molecule has 1 aliphatic carbocycles. The van der Waals surface area contributed by atoms with Crippen molar-refractivity contribution in [2.24, 2.45) is 4.99 Å². The number of isocyanates is 1. The molecule has 0 aromatic heterocycles. The molecule has 18 heavy (non-hydrogen) atoms. The summed E-state index contributed by atoms with van der Waals surface area (Å²) in [4.78, 5) is 17.0. The van der Waals surface area contributed by atoms with E-state index in [-0.39, 0.29) is 5.54 Å². The lowest BCUT2D eigenvalue weighted by Crippen LogP contribution is -2.32. The molecule has 1 saturated carbocycles. The molecule has 0 radical (unpaired) electrons. The second-order valence-electron chi connectivity index (χ2n) is 4.81. The number of rotatable bonds is 5. The van der Waals surface area contributed by atoms with Crippen molar-refractivity contribution in [1.29, 1.82) is 0 Å². The molecule has 0 heterocycles. The van der Waals surface area contributed by atoms with E-state index in [2.05, 4.69) is 48.0 Å². The van der Waals surface area contributed by atoms with Crippen LogP contribution in [-0.4, -0.2) is 19.2 Å². The Labute approximate surface area is 109 Å². The predicted molar refractivity (Wildman–Crippen MR) is 73.7 cm³/mol. The molecule has 1 aromatic carbocycles. The topological polar surface area (TPSA) is 32.7 Å². The average molecular weight is 244 g/mol. The number of hydrogen-bond acceptors (Lipinski definition) is 3. The van der Waals surface area contributed by atoms with Gasteiger partial charge < -0.3 is 4.90 Å². The van der Waals surface area contributed by atoms with Gasteiger partial charge in [-0.05, 0) is 50.8 Å². The molecular weight excluding hydrogens is 224 g/mol. The van der Waals surface area contributed by atoms with Gasteiger partial charge in [-0.1, -0.05) is 12.1 Å². The first-order valence-electron chi connectivity index (χ1n) is 6.70. The van der Waals surface area contributed by atoms with E-state index in [1.54, 1.807) is 6.08 Å².